The summed E-state index contributed by atoms with van der Waals surface area (Å²) in [7, 11) is 0. The first-order chi connectivity index (χ1) is 9.92. The first-order valence-corrected chi connectivity index (χ1v) is 6.99. The molecule has 0 amide bonds. The van der Waals surface area contributed by atoms with Crippen molar-refractivity contribution in [3.05, 3.63) is 52.6 Å². The van der Waals surface area contributed by atoms with Gasteiger partial charge in [-0.15, -0.1) is 0 Å². The zero-order valence-corrected chi connectivity index (χ0v) is 12.8. The van der Waals surface area contributed by atoms with E-state index in [1.807, 2.05) is 33.8 Å². The number of aryl methyl sites for hydroxylation is 2. The molecule has 0 saturated carbocycles. The zero-order valence-electron chi connectivity index (χ0n) is 12.8. The van der Waals surface area contributed by atoms with Crippen LogP contribution in [0.15, 0.2) is 30.3 Å². The Morgan fingerprint density at radius 1 is 1.10 bits per heavy atom. The second-order valence-electron chi connectivity index (χ2n) is 5.58. The van der Waals surface area contributed by atoms with Crippen LogP contribution < -0.4 is 4.74 Å². The molecule has 110 valence electrons. The van der Waals surface area contributed by atoms with Crippen LogP contribution in [0, 0.1) is 13.8 Å². The summed E-state index contributed by atoms with van der Waals surface area (Å²) in [6, 6.07) is 8.85. The van der Waals surface area contributed by atoms with E-state index in [-0.39, 0.29) is 11.7 Å². The molecule has 0 unspecified atom stereocenters. The molecule has 0 bridgehead atoms. The predicted octanol–water partition coefficient (Wildman–Crippen LogP) is 4.74. The fourth-order valence-electron chi connectivity index (χ4n) is 2.39. The number of hydrogen-bond donors (Lipinski definition) is 1. The molecule has 0 radical (unpaired) electrons. The van der Waals surface area contributed by atoms with Crippen molar-refractivity contribution in [1.82, 2.24) is 0 Å². The van der Waals surface area contributed by atoms with E-state index in [4.69, 9.17) is 4.74 Å². The van der Waals surface area contributed by atoms with Crippen molar-refractivity contribution in [2.75, 3.05) is 0 Å². The van der Waals surface area contributed by atoms with E-state index in [1.54, 1.807) is 24.3 Å². The highest BCUT2D eigenvalue weighted by molar-refractivity contribution is 5.76. The molecule has 0 fully saturated rings. The van der Waals surface area contributed by atoms with Gasteiger partial charge in [0.25, 0.3) is 0 Å². The lowest BCUT2D eigenvalue weighted by Gasteiger charge is -2.15. The number of carbonyl (C=O) groups is 1. The van der Waals surface area contributed by atoms with Gasteiger partial charge in [-0.1, -0.05) is 13.8 Å². The number of aldehydes is 1. The third-order valence-corrected chi connectivity index (χ3v) is 3.46. The van der Waals surface area contributed by atoms with Gasteiger partial charge < -0.3 is 9.84 Å². The van der Waals surface area contributed by atoms with E-state index in [9.17, 15) is 9.90 Å². The molecule has 0 aromatic heterocycles. The number of phenolic OH excluding ortho intramolecular Hbond substituents is 1. The summed E-state index contributed by atoms with van der Waals surface area (Å²) >= 11 is 0. The molecular formula is C18H20O3. The monoisotopic (exact) mass is 284 g/mol. The van der Waals surface area contributed by atoms with Crippen molar-refractivity contribution < 1.29 is 14.6 Å². The Bertz CT molecular complexity index is 649. The molecule has 2 aromatic carbocycles. The number of aromatic hydroxyl groups is 1. The lowest BCUT2D eigenvalue weighted by Crippen LogP contribution is -1.95. The Kier molecular flexibility index (Phi) is 4.32. The van der Waals surface area contributed by atoms with Gasteiger partial charge in [-0.2, -0.15) is 0 Å². The van der Waals surface area contributed by atoms with E-state index in [2.05, 4.69) is 0 Å². The highest BCUT2D eigenvalue weighted by Gasteiger charge is 2.11. The minimum absolute atomic E-state index is 0.216. The first-order valence-electron chi connectivity index (χ1n) is 6.99. The highest BCUT2D eigenvalue weighted by Crippen LogP contribution is 2.34. The van der Waals surface area contributed by atoms with E-state index >= 15 is 0 Å². The SMILES string of the molecule is Cc1cc(C=O)cc(C)c1Oc1ccc(O)c(C(C)C)c1. The van der Waals surface area contributed by atoms with Crippen LogP contribution >= 0.6 is 0 Å². The molecule has 0 aliphatic carbocycles. The second kappa shape index (κ2) is 6.00. The molecule has 0 atom stereocenters. The number of rotatable bonds is 4. The molecule has 0 heterocycles. The van der Waals surface area contributed by atoms with Crippen molar-refractivity contribution in [3.8, 4) is 17.2 Å². The minimum atomic E-state index is 0.216. The van der Waals surface area contributed by atoms with E-state index in [0.29, 0.717) is 11.3 Å². The van der Waals surface area contributed by atoms with Crippen LogP contribution in [0.3, 0.4) is 0 Å². The highest BCUT2D eigenvalue weighted by atomic mass is 16.5. The first kappa shape index (κ1) is 15.1. The van der Waals surface area contributed by atoms with E-state index in [1.165, 1.54) is 0 Å². The van der Waals surface area contributed by atoms with Crippen molar-refractivity contribution in [2.45, 2.75) is 33.6 Å². The Balaban J connectivity index is 2.39. The Morgan fingerprint density at radius 2 is 1.71 bits per heavy atom. The van der Waals surface area contributed by atoms with Crippen molar-refractivity contribution >= 4 is 6.29 Å². The van der Waals surface area contributed by atoms with Crippen molar-refractivity contribution in [3.63, 3.8) is 0 Å². The van der Waals surface area contributed by atoms with Crippen LogP contribution in [-0.2, 0) is 0 Å². The van der Waals surface area contributed by atoms with Gasteiger partial charge in [0.15, 0.2) is 0 Å². The van der Waals surface area contributed by atoms with Gasteiger partial charge >= 0.3 is 0 Å². The zero-order chi connectivity index (χ0) is 15.6. The molecule has 2 rings (SSSR count). The standard InChI is InChI=1S/C18H20O3/c1-11(2)16-9-15(5-6-17(16)20)21-18-12(3)7-14(10-19)8-13(18)4/h5-11,20H,1-4H3. The number of hydrogen-bond acceptors (Lipinski definition) is 3. The average Bonchev–Trinajstić information content (AvgIpc) is 2.43. The van der Waals surface area contributed by atoms with Crippen molar-refractivity contribution in [1.29, 1.82) is 0 Å². The summed E-state index contributed by atoms with van der Waals surface area (Å²) in [4.78, 5) is 10.9. The summed E-state index contributed by atoms with van der Waals surface area (Å²) in [5.41, 5.74) is 3.32. The third-order valence-electron chi connectivity index (χ3n) is 3.46. The van der Waals surface area contributed by atoms with E-state index < -0.39 is 0 Å². The van der Waals surface area contributed by atoms with Crippen LogP contribution in [0.5, 0.6) is 17.2 Å². The molecule has 3 heteroatoms. The van der Waals surface area contributed by atoms with Gasteiger partial charge in [0.1, 0.15) is 23.5 Å². The van der Waals surface area contributed by atoms with Gasteiger partial charge in [0, 0.05) is 11.1 Å². The molecule has 21 heavy (non-hydrogen) atoms. The van der Waals surface area contributed by atoms with Crippen LogP contribution in [0.1, 0.15) is 46.8 Å². The number of ether oxygens (including phenoxy) is 1. The third kappa shape index (κ3) is 3.24. The minimum Gasteiger partial charge on any atom is -0.508 e. The molecular weight excluding hydrogens is 264 g/mol. The normalized spacial score (nSPS) is 10.7. The smallest absolute Gasteiger partial charge is 0.150 e. The topological polar surface area (TPSA) is 46.5 Å². The van der Waals surface area contributed by atoms with Crippen molar-refractivity contribution in [2.24, 2.45) is 0 Å². The quantitative estimate of drug-likeness (QED) is 0.825. The Hall–Kier alpha value is -2.29. The maximum Gasteiger partial charge on any atom is 0.150 e. The lowest BCUT2D eigenvalue weighted by atomic mass is 10.0. The summed E-state index contributed by atoms with van der Waals surface area (Å²) in [6.07, 6.45) is 0.835. The lowest BCUT2D eigenvalue weighted by molar-refractivity contribution is 0.112. The molecule has 2 aromatic rings. The molecule has 0 saturated heterocycles. The summed E-state index contributed by atoms with van der Waals surface area (Å²) in [5, 5.41) is 9.85. The van der Waals surface area contributed by atoms with Gasteiger partial charge in [-0.3, -0.25) is 4.79 Å². The average molecular weight is 284 g/mol. The van der Waals surface area contributed by atoms with Gasteiger partial charge in [0.2, 0.25) is 0 Å². The van der Waals surface area contributed by atoms with Crippen LogP contribution in [0.2, 0.25) is 0 Å². The number of carbonyl (C=O) groups excluding carboxylic acids is 1. The molecule has 0 spiro atoms. The fourth-order valence-corrected chi connectivity index (χ4v) is 2.39. The van der Waals surface area contributed by atoms with Gasteiger partial charge in [-0.05, 0) is 61.2 Å². The largest absolute Gasteiger partial charge is 0.508 e. The predicted molar refractivity (Wildman–Crippen MR) is 83.6 cm³/mol. The summed E-state index contributed by atoms with van der Waals surface area (Å²) in [5.74, 6) is 1.93. The second-order valence-corrected chi connectivity index (χ2v) is 5.58. The van der Waals surface area contributed by atoms with Crippen LogP contribution in [0.25, 0.3) is 0 Å². The Morgan fingerprint density at radius 3 is 2.24 bits per heavy atom. The maximum atomic E-state index is 10.9. The maximum absolute atomic E-state index is 10.9. The molecule has 3 nitrogen and oxygen atoms in total. The van der Waals surface area contributed by atoms with Gasteiger partial charge in [0.05, 0.1) is 0 Å². The molecule has 0 aliphatic heterocycles. The van der Waals surface area contributed by atoms with Crippen LogP contribution in [0.4, 0.5) is 0 Å². The van der Waals surface area contributed by atoms with E-state index in [0.717, 1.165) is 28.7 Å². The summed E-state index contributed by atoms with van der Waals surface area (Å²) in [6.45, 7) is 7.88. The number of phenols is 1. The molecule has 0 aliphatic rings. The number of benzene rings is 2. The summed E-state index contributed by atoms with van der Waals surface area (Å²) < 4.78 is 5.96. The van der Waals surface area contributed by atoms with Crippen LogP contribution in [-0.4, -0.2) is 11.4 Å². The van der Waals surface area contributed by atoms with Gasteiger partial charge in [-0.25, -0.2) is 0 Å². The Labute approximate surface area is 125 Å². The fraction of sp³-hybridized carbons (Fsp3) is 0.278. The molecule has 1 N–H and O–H groups in total.